The molecule has 15 heavy (non-hydrogen) atoms. The predicted octanol–water partition coefficient (Wildman–Crippen LogP) is 1.80. The van der Waals surface area contributed by atoms with E-state index in [0.717, 1.165) is 19.4 Å². The van der Waals surface area contributed by atoms with Crippen LogP contribution in [0.2, 0.25) is 0 Å². The van der Waals surface area contributed by atoms with Crippen LogP contribution in [0, 0.1) is 5.41 Å². The molecule has 0 spiro atoms. The van der Waals surface area contributed by atoms with E-state index in [2.05, 4.69) is 33.0 Å². The van der Waals surface area contributed by atoms with Crippen molar-refractivity contribution in [3.8, 4) is 0 Å². The van der Waals surface area contributed by atoms with Crippen molar-refractivity contribution in [1.82, 2.24) is 5.32 Å². The molecule has 0 amide bonds. The van der Waals surface area contributed by atoms with Crippen molar-refractivity contribution >= 4 is 0 Å². The van der Waals surface area contributed by atoms with Gasteiger partial charge < -0.3 is 15.2 Å². The molecule has 92 valence electrons. The van der Waals surface area contributed by atoms with Gasteiger partial charge in [-0.15, -0.1) is 0 Å². The van der Waals surface area contributed by atoms with Crippen LogP contribution >= 0.6 is 0 Å². The van der Waals surface area contributed by atoms with Gasteiger partial charge in [0.15, 0.2) is 0 Å². The molecule has 0 bridgehead atoms. The summed E-state index contributed by atoms with van der Waals surface area (Å²) in [6.07, 6.45) is 1.56. The standard InChI is InChI=1S/C12H27NO2/c1-10(6-7-15-5)13-9-11(14)8-12(2,3)4/h10-11,13-14H,6-9H2,1-5H3. The maximum absolute atomic E-state index is 9.77. The highest BCUT2D eigenvalue weighted by molar-refractivity contribution is 4.71. The summed E-state index contributed by atoms with van der Waals surface area (Å²) in [7, 11) is 1.71. The zero-order chi connectivity index (χ0) is 11.9. The van der Waals surface area contributed by atoms with Gasteiger partial charge in [0.25, 0.3) is 0 Å². The van der Waals surface area contributed by atoms with Crippen LogP contribution in [0.4, 0.5) is 0 Å². The Kier molecular flexibility index (Phi) is 7.14. The lowest BCUT2D eigenvalue weighted by Crippen LogP contribution is -2.36. The molecule has 0 aliphatic carbocycles. The zero-order valence-electron chi connectivity index (χ0n) is 10.8. The molecule has 0 fully saturated rings. The highest BCUT2D eigenvalue weighted by Crippen LogP contribution is 2.20. The zero-order valence-corrected chi connectivity index (χ0v) is 10.8. The molecular weight excluding hydrogens is 190 g/mol. The van der Waals surface area contributed by atoms with E-state index in [1.165, 1.54) is 0 Å². The molecular formula is C12H27NO2. The molecule has 0 aliphatic rings. The highest BCUT2D eigenvalue weighted by atomic mass is 16.5. The topological polar surface area (TPSA) is 41.5 Å². The van der Waals surface area contributed by atoms with Gasteiger partial charge in [0, 0.05) is 26.3 Å². The molecule has 2 N–H and O–H groups in total. The lowest BCUT2D eigenvalue weighted by molar-refractivity contribution is 0.114. The van der Waals surface area contributed by atoms with Crippen LogP contribution in [0.15, 0.2) is 0 Å². The molecule has 0 heterocycles. The second-order valence-corrected chi connectivity index (χ2v) is 5.51. The summed E-state index contributed by atoms with van der Waals surface area (Å²) in [4.78, 5) is 0. The van der Waals surface area contributed by atoms with Crippen LogP contribution in [-0.2, 0) is 4.74 Å². The molecule has 0 rings (SSSR count). The van der Waals surface area contributed by atoms with E-state index in [9.17, 15) is 5.11 Å². The lowest BCUT2D eigenvalue weighted by Gasteiger charge is -2.24. The number of aliphatic hydroxyl groups is 1. The van der Waals surface area contributed by atoms with Gasteiger partial charge >= 0.3 is 0 Å². The van der Waals surface area contributed by atoms with Crippen LogP contribution < -0.4 is 5.32 Å². The molecule has 2 unspecified atom stereocenters. The Labute approximate surface area is 94.2 Å². The Hall–Kier alpha value is -0.120. The normalized spacial score (nSPS) is 16.4. The molecule has 3 heteroatoms. The average Bonchev–Trinajstić information content (AvgIpc) is 2.08. The molecule has 0 radical (unpaired) electrons. The number of nitrogens with one attached hydrogen (secondary N) is 1. The van der Waals surface area contributed by atoms with Crippen molar-refractivity contribution in [3.63, 3.8) is 0 Å². The summed E-state index contributed by atoms with van der Waals surface area (Å²) in [5.74, 6) is 0. The fourth-order valence-electron chi connectivity index (χ4n) is 1.51. The van der Waals surface area contributed by atoms with Crippen LogP contribution in [0.3, 0.4) is 0 Å². The van der Waals surface area contributed by atoms with Crippen LogP contribution in [-0.4, -0.2) is 37.5 Å². The van der Waals surface area contributed by atoms with Gasteiger partial charge in [-0.25, -0.2) is 0 Å². The second-order valence-electron chi connectivity index (χ2n) is 5.51. The Balaban J connectivity index is 3.57. The van der Waals surface area contributed by atoms with Crippen molar-refractivity contribution in [2.24, 2.45) is 5.41 Å². The number of ether oxygens (including phenoxy) is 1. The second kappa shape index (κ2) is 7.20. The first kappa shape index (κ1) is 14.9. The fourth-order valence-corrected chi connectivity index (χ4v) is 1.51. The van der Waals surface area contributed by atoms with E-state index in [1.807, 2.05) is 0 Å². The number of hydrogen-bond acceptors (Lipinski definition) is 3. The van der Waals surface area contributed by atoms with Crippen molar-refractivity contribution < 1.29 is 9.84 Å². The molecule has 0 aliphatic heterocycles. The van der Waals surface area contributed by atoms with Crippen molar-refractivity contribution in [1.29, 1.82) is 0 Å². The number of rotatable bonds is 7. The minimum Gasteiger partial charge on any atom is -0.392 e. The first-order chi connectivity index (χ1) is 6.85. The quantitative estimate of drug-likeness (QED) is 0.683. The first-order valence-corrected chi connectivity index (χ1v) is 5.75. The first-order valence-electron chi connectivity index (χ1n) is 5.75. The van der Waals surface area contributed by atoms with E-state index < -0.39 is 0 Å². The summed E-state index contributed by atoms with van der Waals surface area (Å²) in [6.45, 7) is 9.98. The smallest absolute Gasteiger partial charge is 0.0669 e. The predicted molar refractivity (Wildman–Crippen MR) is 64.0 cm³/mol. The van der Waals surface area contributed by atoms with Crippen LogP contribution in [0.1, 0.15) is 40.5 Å². The van der Waals surface area contributed by atoms with Gasteiger partial charge in [-0.1, -0.05) is 20.8 Å². The maximum Gasteiger partial charge on any atom is 0.0669 e. The van der Waals surface area contributed by atoms with E-state index in [-0.39, 0.29) is 11.5 Å². The van der Waals surface area contributed by atoms with Crippen LogP contribution in [0.5, 0.6) is 0 Å². The number of methoxy groups -OCH3 is 1. The average molecular weight is 217 g/mol. The molecule has 0 saturated heterocycles. The van der Waals surface area contributed by atoms with E-state index in [4.69, 9.17) is 4.74 Å². The highest BCUT2D eigenvalue weighted by Gasteiger charge is 2.16. The Morgan fingerprint density at radius 2 is 1.93 bits per heavy atom. The monoisotopic (exact) mass is 217 g/mol. The molecule has 0 aromatic rings. The molecule has 3 nitrogen and oxygen atoms in total. The Morgan fingerprint density at radius 1 is 1.33 bits per heavy atom. The largest absolute Gasteiger partial charge is 0.392 e. The molecule has 0 aromatic carbocycles. The summed E-state index contributed by atoms with van der Waals surface area (Å²) in [5, 5.41) is 13.1. The lowest BCUT2D eigenvalue weighted by atomic mass is 9.89. The summed E-state index contributed by atoms with van der Waals surface area (Å²) in [5.41, 5.74) is 0.191. The van der Waals surface area contributed by atoms with Gasteiger partial charge in [-0.05, 0) is 25.2 Å². The Morgan fingerprint density at radius 3 is 2.40 bits per heavy atom. The van der Waals surface area contributed by atoms with E-state index in [0.29, 0.717) is 12.6 Å². The van der Waals surface area contributed by atoms with Crippen molar-refractivity contribution in [3.05, 3.63) is 0 Å². The number of hydrogen-bond donors (Lipinski definition) is 2. The summed E-state index contributed by atoms with van der Waals surface area (Å²) in [6, 6.07) is 0.402. The number of aliphatic hydroxyl groups excluding tert-OH is 1. The minimum absolute atomic E-state index is 0.191. The maximum atomic E-state index is 9.77. The van der Waals surface area contributed by atoms with Gasteiger partial charge in [0.1, 0.15) is 0 Å². The van der Waals surface area contributed by atoms with Crippen molar-refractivity contribution in [2.75, 3.05) is 20.3 Å². The van der Waals surface area contributed by atoms with Gasteiger partial charge in [0.2, 0.25) is 0 Å². The third kappa shape index (κ3) is 10.2. The third-order valence-electron chi connectivity index (χ3n) is 2.30. The molecule has 0 aromatic heterocycles. The van der Waals surface area contributed by atoms with E-state index >= 15 is 0 Å². The van der Waals surface area contributed by atoms with Crippen LogP contribution in [0.25, 0.3) is 0 Å². The molecule has 0 saturated carbocycles. The SMILES string of the molecule is COCCC(C)NCC(O)CC(C)(C)C. The summed E-state index contributed by atoms with van der Waals surface area (Å²) >= 11 is 0. The van der Waals surface area contributed by atoms with E-state index in [1.54, 1.807) is 7.11 Å². The van der Waals surface area contributed by atoms with Crippen molar-refractivity contribution in [2.45, 2.75) is 52.7 Å². The molecule has 2 atom stereocenters. The van der Waals surface area contributed by atoms with Gasteiger partial charge in [-0.2, -0.15) is 0 Å². The fraction of sp³-hybridized carbons (Fsp3) is 1.00. The minimum atomic E-state index is -0.255. The van der Waals surface area contributed by atoms with Gasteiger partial charge in [-0.3, -0.25) is 0 Å². The van der Waals surface area contributed by atoms with Gasteiger partial charge in [0.05, 0.1) is 6.10 Å². The summed E-state index contributed by atoms with van der Waals surface area (Å²) < 4.78 is 5.00. The third-order valence-corrected chi connectivity index (χ3v) is 2.30. The Bertz CT molecular complexity index is 154.